The summed E-state index contributed by atoms with van der Waals surface area (Å²) < 4.78 is 34.3. The number of amides is 1. The maximum Gasteiger partial charge on any atom is 0.330 e. The van der Waals surface area contributed by atoms with E-state index in [0.717, 1.165) is 23.0 Å². The van der Waals surface area contributed by atoms with Gasteiger partial charge in [-0.05, 0) is 81.4 Å². The molecule has 0 unspecified atom stereocenters. The van der Waals surface area contributed by atoms with Crippen molar-refractivity contribution < 1.29 is 42.2 Å². The van der Waals surface area contributed by atoms with E-state index in [0.29, 0.717) is 6.61 Å². The lowest BCUT2D eigenvalue weighted by atomic mass is 9.90. The van der Waals surface area contributed by atoms with Crippen LogP contribution in [0.3, 0.4) is 0 Å². The van der Waals surface area contributed by atoms with Gasteiger partial charge in [-0.25, -0.2) is 14.2 Å². The zero-order chi connectivity index (χ0) is 43.9. The standard InChI is InChI=1S/C9H16O3.C9H16O.C8H11FN2OS.C8H13FO.C8H14O.CH4/c1-9(2,3)12-7-5-6-8(10)11-4;1-7(2)6-8(10)9(3,4)5;1-8(2,3)11-6(12)5-4-13-7(9)10-5;1-6(9)5-7(10)8(2,3)4;1-5-6-7(9)8(2,3)4;/h5-6H,7H2,1-4H3;6H,1-5H3;4H,1-3H3,(H,11,12);5H,1-4H3;5-6H,1-4H3;1H4/b6-5+;;;6-5-;6-5+;. The van der Waals surface area contributed by atoms with E-state index in [1.807, 2.05) is 104 Å². The molecule has 0 bridgehead atoms. The van der Waals surface area contributed by atoms with E-state index in [-0.39, 0.29) is 64.3 Å². The molecule has 0 saturated carbocycles. The van der Waals surface area contributed by atoms with Crippen LogP contribution in [-0.2, 0) is 28.7 Å². The van der Waals surface area contributed by atoms with Crippen LogP contribution >= 0.6 is 11.3 Å². The molecule has 0 fully saturated rings. The van der Waals surface area contributed by atoms with Crippen LogP contribution in [-0.4, -0.2) is 59.1 Å². The molecule has 0 saturated heterocycles. The smallest absolute Gasteiger partial charge is 0.330 e. The van der Waals surface area contributed by atoms with Gasteiger partial charge in [0.25, 0.3) is 11.2 Å². The number of aromatic nitrogens is 1. The third kappa shape index (κ3) is 41.4. The number of allylic oxidation sites excluding steroid dienone is 6. The van der Waals surface area contributed by atoms with Crippen LogP contribution in [0.2, 0.25) is 0 Å². The average Bonchev–Trinajstić information content (AvgIpc) is 3.40. The predicted octanol–water partition coefficient (Wildman–Crippen LogP) is 11.2. The molecule has 0 aromatic carbocycles. The molecule has 1 amide bonds. The van der Waals surface area contributed by atoms with Gasteiger partial charge in [-0.15, -0.1) is 0 Å². The number of ketones is 3. The number of halogens is 2. The number of methoxy groups -OCH3 is 1. The minimum Gasteiger partial charge on any atom is -0.466 e. The SMILES string of the molecule is C.C/C(F)=C/C(=O)C(C)(C)C.C/C=C/C(=O)C(C)(C)C.CC(C)(C)NC(=O)c1csc(F)n1.CC(C)=CC(=O)C(C)(C)C.COC(=O)/C=C/COC(C)(C)C. The number of nitrogens with one attached hydrogen (secondary N) is 1. The van der Waals surface area contributed by atoms with Crippen molar-refractivity contribution in [3.8, 4) is 0 Å². The van der Waals surface area contributed by atoms with E-state index in [1.54, 1.807) is 45.1 Å². The summed E-state index contributed by atoms with van der Waals surface area (Å²) in [4.78, 5) is 58.5. The number of carbonyl (C=O) groups is 5. The molecule has 55 heavy (non-hydrogen) atoms. The lowest BCUT2D eigenvalue weighted by molar-refractivity contribution is -0.135. The molecule has 0 atom stereocenters. The maximum atomic E-state index is 12.4. The largest absolute Gasteiger partial charge is 0.466 e. The molecule has 318 valence electrons. The number of carbonyl (C=O) groups excluding carboxylic acids is 5. The molecule has 1 rings (SSSR count). The lowest BCUT2D eigenvalue weighted by Crippen LogP contribution is -2.40. The van der Waals surface area contributed by atoms with Gasteiger partial charge in [0.1, 0.15) is 11.5 Å². The molecule has 1 heterocycles. The van der Waals surface area contributed by atoms with E-state index in [4.69, 9.17) is 4.74 Å². The molecular formula is C43H74F2N2O7S. The van der Waals surface area contributed by atoms with Crippen LogP contribution in [0, 0.1) is 21.5 Å². The summed E-state index contributed by atoms with van der Waals surface area (Å²) in [5.74, 6) is -0.912. The van der Waals surface area contributed by atoms with Crippen LogP contribution in [0.15, 0.2) is 53.2 Å². The summed E-state index contributed by atoms with van der Waals surface area (Å²) in [6.45, 7) is 35.6. The number of hydrogen-bond donors (Lipinski definition) is 1. The summed E-state index contributed by atoms with van der Waals surface area (Å²) >= 11 is 0.820. The maximum absolute atomic E-state index is 12.4. The highest BCUT2D eigenvalue weighted by atomic mass is 32.1. The topological polar surface area (TPSA) is 129 Å². The summed E-state index contributed by atoms with van der Waals surface area (Å²) in [6.07, 6.45) is 9.09. The van der Waals surface area contributed by atoms with Gasteiger partial charge in [-0.1, -0.05) is 98.8 Å². The zero-order valence-electron chi connectivity index (χ0n) is 36.7. The fraction of sp³-hybridized carbons (Fsp3) is 0.628. The number of ether oxygens (including phenoxy) is 2. The quantitative estimate of drug-likeness (QED) is 0.213. The van der Waals surface area contributed by atoms with Gasteiger partial charge >= 0.3 is 5.97 Å². The van der Waals surface area contributed by atoms with E-state index in [9.17, 15) is 32.8 Å². The minimum atomic E-state index is -0.584. The Morgan fingerprint density at radius 1 is 0.764 bits per heavy atom. The molecule has 1 aromatic heterocycles. The average molecular weight is 801 g/mol. The lowest BCUT2D eigenvalue weighted by Gasteiger charge is -2.19. The van der Waals surface area contributed by atoms with Crippen LogP contribution in [0.25, 0.3) is 0 Å². The molecule has 0 aliphatic heterocycles. The number of thiazole rings is 1. The second-order valence-electron chi connectivity index (χ2n) is 17.3. The van der Waals surface area contributed by atoms with E-state index < -0.39 is 16.5 Å². The summed E-state index contributed by atoms with van der Waals surface area (Å²) in [5, 5.41) is 3.50. The van der Waals surface area contributed by atoms with Gasteiger partial charge in [0, 0.05) is 39.3 Å². The Hall–Kier alpha value is -3.64. The third-order valence-corrected chi connectivity index (χ3v) is 6.18. The first kappa shape index (κ1) is 60.6. The van der Waals surface area contributed by atoms with Crippen molar-refractivity contribution in [3.63, 3.8) is 0 Å². The fourth-order valence-electron chi connectivity index (χ4n) is 2.55. The molecule has 0 radical (unpaired) electrons. The summed E-state index contributed by atoms with van der Waals surface area (Å²) in [7, 11) is 1.34. The number of esters is 1. The summed E-state index contributed by atoms with van der Waals surface area (Å²) in [5.41, 5.74) is -0.188. The van der Waals surface area contributed by atoms with Crippen molar-refractivity contribution in [1.82, 2.24) is 10.3 Å². The molecule has 0 spiro atoms. The van der Waals surface area contributed by atoms with E-state index in [1.165, 1.54) is 25.5 Å². The van der Waals surface area contributed by atoms with Crippen molar-refractivity contribution in [2.45, 2.75) is 150 Å². The number of rotatable bonds is 7. The van der Waals surface area contributed by atoms with Crippen molar-refractivity contribution in [2.75, 3.05) is 13.7 Å². The van der Waals surface area contributed by atoms with Crippen molar-refractivity contribution >= 4 is 40.6 Å². The molecule has 1 N–H and O–H groups in total. The summed E-state index contributed by atoms with van der Waals surface area (Å²) in [6, 6.07) is 0. The van der Waals surface area contributed by atoms with Gasteiger partial charge in [0.15, 0.2) is 17.3 Å². The van der Waals surface area contributed by atoms with Crippen LogP contribution in [0.1, 0.15) is 149 Å². The Balaban J connectivity index is -0.000000190. The van der Waals surface area contributed by atoms with Gasteiger partial charge < -0.3 is 14.8 Å². The monoisotopic (exact) mass is 801 g/mol. The normalized spacial score (nSPS) is 11.8. The Morgan fingerprint density at radius 2 is 1.20 bits per heavy atom. The van der Waals surface area contributed by atoms with Crippen molar-refractivity contribution in [1.29, 1.82) is 0 Å². The van der Waals surface area contributed by atoms with Crippen molar-refractivity contribution in [3.05, 3.63) is 64.2 Å². The van der Waals surface area contributed by atoms with Crippen LogP contribution in [0.5, 0.6) is 0 Å². The second kappa shape index (κ2) is 27.9. The molecule has 12 heteroatoms. The van der Waals surface area contributed by atoms with E-state index in [2.05, 4.69) is 15.0 Å². The first-order valence-electron chi connectivity index (χ1n) is 17.6. The van der Waals surface area contributed by atoms with Gasteiger partial charge in [-0.2, -0.15) is 4.39 Å². The van der Waals surface area contributed by atoms with Crippen LogP contribution in [0.4, 0.5) is 8.78 Å². The van der Waals surface area contributed by atoms with Crippen LogP contribution < -0.4 is 5.32 Å². The predicted molar refractivity (Wildman–Crippen MR) is 225 cm³/mol. The highest BCUT2D eigenvalue weighted by Crippen LogP contribution is 2.17. The third-order valence-electron chi connectivity index (χ3n) is 5.55. The molecule has 1 aromatic rings. The zero-order valence-corrected chi connectivity index (χ0v) is 37.5. The molecule has 9 nitrogen and oxygen atoms in total. The highest BCUT2D eigenvalue weighted by molar-refractivity contribution is 7.08. The van der Waals surface area contributed by atoms with Gasteiger partial charge in [-0.3, -0.25) is 19.2 Å². The first-order chi connectivity index (χ1) is 24.0. The Kier molecular flexibility index (Phi) is 30.7. The Bertz CT molecular complexity index is 1390. The fourth-order valence-corrected chi connectivity index (χ4v) is 3.07. The minimum absolute atomic E-state index is 0. The first-order valence-corrected chi connectivity index (χ1v) is 18.4. The Morgan fingerprint density at radius 3 is 1.44 bits per heavy atom. The molecular weight excluding hydrogens is 727 g/mol. The number of hydrogen-bond acceptors (Lipinski definition) is 9. The molecule has 0 aliphatic rings. The van der Waals surface area contributed by atoms with Crippen molar-refractivity contribution in [2.24, 2.45) is 16.2 Å². The Labute approximate surface area is 336 Å². The van der Waals surface area contributed by atoms with Gasteiger partial charge in [0.05, 0.1) is 19.3 Å². The highest BCUT2D eigenvalue weighted by Gasteiger charge is 2.20. The second-order valence-corrected chi connectivity index (χ2v) is 18.1. The number of nitrogens with zero attached hydrogens (tertiary/aromatic N) is 1. The van der Waals surface area contributed by atoms with E-state index >= 15 is 0 Å². The van der Waals surface area contributed by atoms with Gasteiger partial charge in [0.2, 0.25) is 0 Å². The molecule has 0 aliphatic carbocycles.